The fourth-order valence-corrected chi connectivity index (χ4v) is 3.92. The average Bonchev–Trinajstić information content (AvgIpc) is 2.86. The molecule has 0 spiro atoms. The predicted octanol–water partition coefficient (Wildman–Crippen LogP) is -0.808. The molecular formula is C24H22O16. The number of fused-ring (bicyclic) bond motifs is 1. The van der Waals surface area contributed by atoms with Gasteiger partial charge in [0.1, 0.15) is 65.7 Å². The van der Waals surface area contributed by atoms with Crippen molar-refractivity contribution in [1.29, 1.82) is 0 Å². The van der Waals surface area contributed by atoms with Gasteiger partial charge >= 0.3 is 11.9 Å². The molecule has 214 valence electrons. The van der Waals surface area contributed by atoms with Gasteiger partial charge in [0, 0.05) is 18.2 Å². The number of carbonyl (C=O) groups is 2. The van der Waals surface area contributed by atoms with Crippen molar-refractivity contribution in [3.05, 3.63) is 34.5 Å². The van der Waals surface area contributed by atoms with Crippen molar-refractivity contribution in [3.63, 3.8) is 0 Å². The Morgan fingerprint density at radius 3 is 2.20 bits per heavy atom. The maximum Gasteiger partial charge on any atom is 0.317 e. The molecule has 0 amide bonds. The molecule has 9 N–H and O–H groups in total. The van der Waals surface area contributed by atoms with Crippen LogP contribution in [-0.4, -0.2) is 95.2 Å². The number of aliphatic hydroxyl groups excluding tert-OH is 3. The highest BCUT2D eigenvalue weighted by Crippen LogP contribution is 2.43. The molecule has 16 nitrogen and oxygen atoms in total. The number of aliphatic carboxylic acids is 1. The molecule has 1 aliphatic rings. The number of benzene rings is 2. The number of phenolic OH excluding ortho intramolecular Hbond substituents is 5. The monoisotopic (exact) mass is 566 g/mol. The highest BCUT2D eigenvalue weighted by atomic mass is 16.7. The summed E-state index contributed by atoms with van der Waals surface area (Å²) in [4.78, 5) is 35.7. The van der Waals surface area contributed by atoms with Crippen LogP contribution in [0.25, 0.3) is 22.3 Å². The molecule has 16 heteroatoms. The lowest BCUT2D eigenvalue weighted by Crippen LogP contribution is -2.60. The van der Waals surface area contributed by atoms with E-state index in [1.807, 2.05) is 0 Å². The molecule has 0 radical (unpaired) electrons. The minimum atomic E-state index is -2.06. The van der Waals surface area contributed by atoms with Crippen molar-refractivity contribution in [2.24, 2.45) is 0 Å². The van der Waals surface area contributed by atoms with E-state index in [0.717, 1.165) is 18.2 Å². The van der Waals surface area contributed by atoms with Gasteiger partial charge in [-0.05, 0) is 6.07 Å². The Bertz CT molecular complexity index is 1530. The molecular weight excluding hydrogens is 544 g/mol. The van der Waals surface area contributed by atoms with E-state index in [1.54, 1.807) is 0 Å². The maximum atomic E-state index is 13.4. The van der Waals surface area contributed by atoms with Crippen molar-refractivity contribution in [3.8, 4) is 45.8 Å². The zero-order valence-corrected chi connectivity index (χ0v) is 20.0. The summed E-state index contributed by atoms with van der Waals surface area (Å²) in [6.45, 7) is -0.803. The Hall–Kier alpha value is -4.77. The summed E-state index contributed by atoms with van der Waals surface area (Å²) in [6, 6.07) is 3.23. The predicted molar refractivity (Wildman–Crippen MR) is 127 cm³/mol. The van der Waals surface area contributed by atoms with Crippen LogP contribution < -0.4 is 10.2 Å². The molecule has 2 heterocycles. The SMILES string of the molecule is O=C(O)CC(=O)OCC1OC(Oc2c(-c3cc(O)c(O)cc3O)oc3cc(O)cc(O)c3c2=O)C(O)C(O)C1O. The number of phenols is 5. The molecule has 5 atom stereocenters. The quantitative estimate of drug-likeness (QED) is 0.0732. The zero-order chi connectivity index (χ0) is 29.5. The fourth-order valence-electron chi connectivity index (χ4n) is 3.92. The summed E-state index contributed by atoms with van der Waals surface area (Å²) in [5.74, 6) is -7.77. The Morgan fingerprint density at radius 2 is 1.52 bits per heavy atom. The number of rotatable bonds is 7. The van der Waals surface area contributed by atoms with Crippen molar-refractivity contribution in [2.45, 2.75) is 37.1 Å². The maximum absolute atomic E-state index is 13.4. The molecule has 0 saturated carbocycles. The smallest absolute Gasteiger partial charge is 0.317 e. The molecule has 1 saturated heterocycles. The van der Waals surface area contributed by atoms with E-state index < -0.39 is 118 Å². The lowest BCUT2D eigenvalue weighted by atomic mass is 9.99. The van der Waals surface area contributed by atoms with Crippen LogP contribution in [0.3, 0.4) is 0 Å². The number of carboxylic acid groups (broad SMARTS) is 1. The summed E-state index contributed by atoms with van der Waals surface area (Å²) < 4.78 is 21.2. The third-order valence-corrected chi connectivity index (χ3v) is 5.86. The van der Waals surface area contributed by atoms with Crippen LogP contribution in [0.2, 0.25) is 0 Å². The van der Waals surface area contributed by atoms with Crippen LogP contribution in [0.1, 0.15) is 6.42 Å². The Labute approximate surface area is 221 Å². The number of hydrogen-bond donors (Lipinski definition) is 9. The molecule has 0 aliphatic carbocycles. The van der Waals surface area contributed by atoms with Crippen molar-refractivity contribution in [2.75, 3.05) is 6.61 Å². The molecule has 2 aromatic carbocycles. The Kier molecular flexibility index (Phi) is 7.61. The topological polar surface area (TPSA) is 274 Å². The molecule has 1 aromatic heterocycles. The van der Waals surface area contributed by atoms with E-state index >= 15 is 0 Å². The highest BCUT2D eigenvalue weighted by molar-refractivity contribution is 5.90. The van der Waals surface area contributed by atoms with Crippen LogP contribution in [0.5, 0.6) is 34.5 Å². The third kappa shape index (κ3) is 5.36. The number of aliphatic hydroxyl groups is 3. The summed E-state index contributed by atoms with van der Waals surface area (Å²) in [5.41, 5.74) is -2.01. The molecule has 3 aromatic rings. The third-order valence-electron chi connectivity index (χ3n) is 5.86. The number of carbonyl (C=O) groups excluding carboxylic acids is 1. The van der Waals surface area contributed by atoms with Gasteiger partial charge in [-0.1, -0.05) is 0 Å². The van der Waals surface area contributed by atoms with Gasteiger partial charge in [0.15, 0.2) is 17.3 Å². The molecule has 1 fully saturated rings. The second-order valence-electron chi connectivity index (χ2n) is 8.67. The zero-order valence-electron chi connectivity index (χ0n) is 20.0. The van der Waals surface area contributed by atoms with Crippen molar-refractivity contribution in [1.82, 2.24) is 0 Å². The molecule has 0 bridgehead atoms. The van der Waals surface area contributed by atoms with Gasteiger partial charge in [-0.25, -0.2) is 0 Å². The largest absolute Gasteiger partial charge is 0.508 e. The first-order valence-electron chi connectivity index (χ1n) is 11.3. The Morgan fingerprint density at radius 1 is 0.850 bits per heavy atom. The minimum absolute atomic E-state index is 0.416. The van der Waals surface area contributed by atoms with Crippen LogP contribution in [-0.2, 0) is 19.1 Å². The second-order valence-corrected chi connectivity index (χ2v) is 8.67. The lowest BCUT2D eigenvalue weighted by molar-refractivity contribution is -0.278. The van der Waals surface area contributed by atoms with E-state index in [9.17, 15) is 55.2 Å². The number of ether oxygens (including phenoxy) is 3. The number of esters is 1. The van der Waals surface area contributed by atoms with E-state index in [4.69, 9.17) is 23.7 Å². The summed E-state index contributed by atoms with van der Waals surface area (Å²) >= 11 is 0. The van der Waals surface area contributed by atoms with Crippen molar-refractivity contribution < 1.29 is 74.2 Å². The normalized spacial score (nSPS) is 22.6. The highest BCUT2D eigenvalue weighted by Gasteiger charge is 2.46. The van der Waals surface area contributed by atoms with Gasteiger partial charge in [-0.2, -0.15) is 0 Å². The molecule has 5 unspecified atom stereocenters. The first-order valence-corrected chi connectivity index (χ1v) is 11.3. The van der Waals surface area contributed by atoms with E-state index in [0.29, 0.717) is 6.07 Å². The molecule has 40 heavy (non-hydrogen) atoms. The Balaban J connectivity index is 1.79. The van der Waals surface area contributed by atoms with Gasteiger partial charge in [0.2, 0.25) is 17.5 Å². The fraction of sp³-hybridized carbons (Fsp3) is 0.292. The van der Waals surface area contributed by atoms with Crippen LogP contribution in [0.15, 0.2) is 33.5 Å². The van der Waals surface area contributed by atoms with Gasteiger partial charge in [0.05, 0.1) is 5.56 Å². The number of hydrogen-bond acceptors (Lipinski definition) is 15. The first kappa shape index (κ1) is 28.2. The summed E-state index contributed by atoms with van der Waals surface area (Å²) in [7, 11) is 0. The van der Waals surface area contributed by atoms with Crippen LogP contribution in [0, 0.1) is 0 Å². The number of carboxylic acids is 1. The van der Waals surface area contributed by atoms with Crippen molar-refractivity contribution >= 4 is 22.9 Å². The van der Waals surface area contributed by atoms with Gasteiger partial charge in [-0.3, -0.25) is 14.4 Å². The minimum Gasteiger partial charge on any atom is -0.508 e. The van der Waals surface area contributed by atoms with E-state index in [1.165, 1.54) is 0 Å². The summed E-state index contributed by atoms with van der Waals surface area (Å²) in [5, 5.41) is 89.4. The van der Waals surface area contributed by atoms with Gasteiger partial charge in [-0.15, -0.1) is 0 Å². The van der Waals surface area contributed by atoms with E-state index in [2.05, 4.69) is 0 Å². The first-order chi connectivity index (χ1) is 18.8. The van der Waals surface area contributed by atoms with E-state index in [-0.39, 0.29) is 0 Å². The summed E-state index contributed by atoms with van der Waals surface area (Å²) in [6.07, 6.45) is -10.6. The molecule has 1 aliphatic heterocycles. The van der Waals surface area contributed by atoms with Crippen LogP contribution >= 0.6 is 0 Å². The number of aromatic hydroxyl groups is 5. The van der Waals surface area contributed by atoms with Crippen LogP contribution in [0.4, 0.5) is 0 Å². The van der Waals surface area contributed by atoms with Gasteiger partial charge in [0.25, 0.3) is 0 Å². The second kappa shape index (κ2) is 10.8. The van der Waals surface area contributed by atoms with Gasteiger partial charge < -0.3 is 64.6 Å². The lowest BCUT2D eigenvalue weighted by Gasteiger charge is -2.39. The molecule has 4 rings (SSSR count). The standard InChI is InChI=1S/C24H22O16/c25-7-1-12(29)17-13(2-7)38-22(8-3-10(27)11(28)4-9(8)26)23(19(17)34)40-24-21(36)20(35)18(33)14(39-24)6-37-16(32)5-15(30)31/h1-4,14,18,20-21,24-29,33,35-36H,5-6H2,(H,30,31). The average molecular weight is 566 g/mol.